The van der Waals surface area contributed by atoms with E-state index in [0.29, 0.717) is 13.2 Å². The van der Waals surface area contributed by atoms with Crippen molar-refractivity contribution in [2.75, 3.05) is 18.9 Å². The van der Waals surface area contributed by atoms with Gasteiger partial charge in [0.05, 0.1) is 13.2 Å². The molecule has 2 N–H and O–H groups in total. The lowest BCUT2D eigenvalue weighted by molar-refractivity contribution is 0.344. The van der Waals surface area contributed by atoms with Gasteiger partial charge in [-0.25, -0.2) is 0 Å². The third-order valence-electron chi connectivity index (χ3n) is 2.11. The van der Waals surface area contributed by atoms with E-state index in [1.807, 2.05) is 24.3 Å². The van der Waals surface area contributed by atoms with Gasteiger partial charge >= 0.3 is 0 Å². The van der Waals surface area contributed by atoms with Crippen molar-refractivity contribution in [1.29, 1.82) is 0 Å². The zero-order chi connectivity index (χ0) is 13.3. The molecule has 6 heteroatoms. The minimum Gasteiger partial charge on any atom is -0.493 e. The number of hydrogen-bond donors (Lipinski definition) is 1. The minimum atomic E-state index is 0.376. The molecular weight excluding hydrogens is 278 g/mol. The van der Waals surface area contributed by atoms with Gasteiger partial charge in [-0.3, -0.25) is 0 Å². The molecule has 19 heavy (non-hydrogen) atoms. The SMILES string of the molecule is NCC#Cc1ccc(OCCSc2nncs2)cc1. The average molecular weight is 291 g/mol. The normalized spacial score (nSPS) is 9.74. The molecule has 0 radical (unpaired) electrons. The standard InChI is InChI=1S/C13H13N3OS2/c14-7-1-2-11-3-5-12(6-4-11)17-8-9-18-13-16-15-10-19-13/h3-6,10H,7-9,14H2. The monoisotopic (exact) mass is 291 g/mol. The molecule has 0 aliphatic rings. The van der Waals surface area contributed by atoms with Crippen molar-refractivity contribution in [1.82, 2.24) is 10.2 Å². The highest BCUT2D eigenvalue weighted by atomic mass is 32.2. The minimum absolute atomic E-state index is 0.376. The van der Waals surface area contributed by atoms with Crippen molar-refractivity contribution < 1.29 is 4.74 Å². The summed E-state index contributed by atoms with van der Waals surface area (Å²) in [6.07, 6.45) is 0. The molecular formula is C13H13N3OS2. The number of aromatic nitrogens is 2. The highest BCUT2D eigenvalue weighted by Crippen LogP contribution is 2.19. The summed E-state index contributed by atoms with van der Waals surface area (Å²) in [4.78, 5) is 0. The third kappa shape index (κ3) is 4.91. The Morgan fingerprint density at radius 2 is 2.16 bits per heavy atom. The summed E-state index contributed by atoms with van der Waals surface area (Å²) in [7, 11) is 0. The zero-order valence-corrected chi connectivity index (χ0v) is 11.8. The number of hydrogen-bond acceptors (Lipinski definition) is 6. The van der Waals surface area contributed by atoms with Crippen LogP contribution in [0.2, 0.25) is 0 Å². The Kier molecular flexibility index (Phi) is 5.69. The van der Waals surface area contributed by atoms with Gasteiger partial charge in [0.15, 0.2) is 4.34 Å². The molecule has 0 aliphatic heterocycles. The molecule has 1 aromatic heterocycles. The summed E-state index contributed by atoms with van der Waals surface area (Å²) < 4.78 is 6.60. The van der Waals surface area contributed by atoms with E-state index in [1.54, 1.807) is 17.3 Å². The quantitative estimate of drug-likeness (QED) is 0.519. The van der Waals surface area contributed by atoms with Gasteiger partial charge < -0.3 is 10.5 Å². The van der Waals surface area contributed by atoms with Crippen LogP contribution in [0.3, 0.4) is 0 Å². The van der Waals surface area contributed by atoms with Crippen LogP contribution in [0.25, 0.3) is 0 Å². The Labute approximate surface area is 120 Å². The first-order valence-electron chi connectivity index (χ1n) is 5.69. The summed E-state index contributed by atoms with van der Waals surface area (Å²) in [5.41, 5.74) is 7.99. The van der Waals surface area contributed by atoms with Gasteiger partial charge in [-0.1, -0.05) is 34.9 Å². The Morgan fingerprint density at radius 1 is 1.32 bits per heavy atom. The largest absolute Gasteiger partial charge is 0.493 e. The van der Waals surface area contributed by atoms with E-state index < -0.39 is 0 Å². The van der Waals surface area contributed by atoms with E-state index in [9.17, 15) is 0 Å². The van der Waals surface area contributed by atoms with Crippen LogP contribution in [-0.2, 0) is 0 Å². The van der Waals surface area contributed by atoms with E-state index in [0.717, 1.165) is 21.4 Å². The smallest absolute Gasteiger partial charge is 0.174 e. The fraction of sp³-hybridized carbons (Fsp3) is 0.231. The first kappa shape index (κ1) is 13.9. The molecule has 0 amide bonds. The van der Waals surface area contributed by atoms with Crippen molar-refractivity contribution >= 4 is 23.1 Å². The van der Waals surface area contributed by atoms with Crippen LogP contribution in [0.15, 0.2) is 34.1 Å². The molecule has 0 atom stereocenters. The number of rotatable bonds is 5. The van der Waals surface area contributed by atoms with E-state index in [2.05, 4.69) is 22.0 Å². The number of ether oxygens (including phenoxy) is 1. The second kappa shape index (κ2) is 7.79. The summed E-state index contributed by atoms with van der Waals surface area (Å²) in [5.74, 6) is 7.48. The molecule has 0 spiro atoms. The number of nitrogens with zero attached hydrogens (tertiary/aromatic N) is 2. The van der Waals surface area contributed by atoms with Crippen LogP contribution in [0, 0.1) is 11.8 Å². The Hall–Kier alpha value is -1.55. The lowest BCUT2D eigenvalue weighted by Gasteiger charge is -2.04. The van der Waals surface area contributed by atoms with Crippen molar-refractivity contribution in [3.8, 4) is 17.6 Å². The fourth-order valence-corrected chi connectivity index (χ4v) is 2.68. The van der Waals surface area contributed by atoms with Gasteiger partial charge in [0.2, 0.25) is 0 Å². The first-order valence-corrected chi connectivity index (χ1v) is 7.56. The summed E-state index contributed by atoms with van der Waals surface area (Å²) in [6.45, 7) is 1.01. The first-order chi connectivity index (χ1) is 9.38. The summed E-state index contributed by atoms with van der Waals surface area (Å²) in [5, 5.41) is 7.73. The van der Waals surface area contributed by atoms with Crippen molar-refractivity contribution in [2.45, 2.75) is 4.34 Å². The molecule has 98 valence electrons. The van der Waals surface area contributed by atoms with Crippen molar-refractivity contribution in [3.63, 3.8) is 0 Å². The van der Waals surface area contributed by atoms with E-state index in [-0.39, 0.29) is 0 Å². The predicted molar refractivity (Wildman–Crippen MR) is 78.5 cm³/mol. The number of thioether (sulfide) groups is 1. The second-order valence-electron chi connectivity index (χ2n) is 3.43. The maximum atomic E-state index is 5.63. The van der Waals surface area contributed by atoms with Crippen LogP contribution in [0.4, 0.5) is 0 Å². The molecule has 1 aromatic carbocycles. The second-order valence-corrected chi connectivity index (χ2v) is 5.61. The molecule has 0 aliphatic carbocycles. The zero-order valence-electron chi connectivity index (χ0n) is 10.2. The van der Waals surface area contributed by atoms with Crippen molar-refractivity contribution in [2.24, 2.45) is 5.73 Å². The maximum absolute atomic E-state index is 5.63. The van der Waals surface area contributed by atoms with Crippen LogP contribution in [0.5, 0.6) is 5.75 Å². The average Bonchev–Trinajstić information content (AvgIpc) is 2.96. The third-order valence-corrected chi connectivity index (χ3v) is 3.93. The molecule has 0 fully saturated rings. The molecule has 0 saturated heterocycles. The molecule has 2 rings (SSSR count). The highest BCUT2D eigenvalue weighted by molar-refractivity contribution is 8.01. The van der Waals surface area contributed by atoms with Gasteiger partial charge in [0.1, 0.15) is 11.3 Å². The van der Waals surface area contributed by atoms with Crippen LogP contribution in [-0.4, -0.2) is 29.1 Å². The molecule has 1 heterocycles. The van der Waals surface area contributed by atoms with Crippen molar-refractivity contribution in [3.05, 3.63) is 35.3 Å². The van der Waals surface area contributed by atoms with E-state index in [4.69, 9.17) is 10.5 Å². The Morgan fingerprint density at radius 3 is 2.84 bits per heavy atom. The van der Waals surface area contributed by atoms with Gasteiger partial charge in [-0.15, -0.1) is 10.2 Å². The highest BCUT2D eigenvalue weighted by Gasteiger charge is 1.98. The summed E-state index contributed by atoms with van der Waals surface area (Å²) in [6, 6.07) is 7.68. The molecule has 0 bridgehead atoms. The summed E-state index contributed by atoms with van der Waals surface area (Å²) >= 11 is 3.18. The molecule has 2 aromatic rings. The molecule has 4 nitrogen and oxygen atoms in total. The topological polar surface area (TPSA) is 61.0 Å². The van der Waals surface area contributed by atoms with E-state index in [1.165, 1.54) is 11.3 Å². The number of benzene rings is 1. The van der Waals surface area contributed by atoms with Crippen LogP contribution < -0.4 is 10.5 Å². The van der Waals surface area contributed by atoms with Gasteiger partial charge in [0.25, 0.3) is 0 Å². The lowest BCUT2D eigenvalue weighted by Crippen LogP contribution is -1.99. The Bertz CT molecular complexity index is 544. The Balaban J connectivity index is 1.74. The van der Waals surface area contributed by atoms with Crippen LogP contribution in [0.1, 0.15) is 5.56 Å². The van der Waals surface area contributed by atoms with Gasteiger partial charge in [-0.2, -0.15) is 0 Å². The van der Waals surface area contributed by atoms with E-state index >= 15 is 0 Å². The van der Waals surface area contributed by atoms with Gasteiger partial charge in [-0.05, 0) is 24.3 Å². The fourth-order valence-electron chi connectivity index (χ4n) is 1.30. The maximum Gasteiger partial charge on any atom is 0.174 e. The lowest BCUT2D eigenvalue weighted by atomic mass is 10.2. The number of nitrogens with two attached hydrogens (primary N) is 1. The van der Waals surface area contributed by atoms with Crippen LogP contribution >= 0.6 is 23.1 Å². The molecule has 0 saturated carbocycles. The van der Waals surface area contributed by atoms with Gasteiger partial charge in [0, 0.05) is 11.3 Å². The molecule has 0 unspecified atom stereocenters. The predicted octanol–water partition coefficient (Wildman–Crippen LogP) is 2.02.